The molecule has 1 atom stereocenters. The molecule has 1 unspecified atom stereocenters. The van der Waals surface area contributed by atoms with E-state index in [0.29, 0.717) is 0 Å². The maximum Gasteiger partial charge on any atom is 0.110 e. The van der Waals surface area contributed by atoms with Crippen LogP contribution in [0.3, 0.4) is 0 Å². The summed E-state index contributed by atoms with van der Waals surface area (Å²) in [6.45, 7) is 6.96. The fraction of sp³-hybridized carbons (Fsp3) is 0.750. The number of halogens is 1. The molecule has 2 heteroatoms. The Labute approximate surface area is 67.0 Å². The van der Waals surface area contributed by atoms with Crippen molar-refractivity contribution in [3.8, 4) is 0 Å². The Hall–Kier alpha value is -0.170. The molecule has 0 amide bonds. The Balaban J connectivity index is 2.66. The highest BCUT2D eigenvalue weighted by molar-refractivity contribution is 6.21. The molecule has 0 fully saturated rings. The quantitative estimate of drug-likeness (QED) is 0.536. The first-order chi connectivity index (χ1) is 4.51. The lowest BCUT2D eigenvalue weighted by Gasteiger charge is -2.09. The minimum absolute atomic E-state index is 0.0155. The predicted octanol–water partition coefficient (Wildman–Crippen LogP) is 2.55. The number of allylic oxidation sites excluding steroid dienone is 1. The zero-order valence-electron chi connectivity index (χ0n) is 6.65. The average molecular weight is 161 g/mol. The minimum Gasteiger partial charge on any atom is -0.496 e. The number of hydrogen-bond donors (Lipinski definition) is 0. The third-order valence-electron chi connectivity index (χ3n) is 1.54. The van der Waals surface area contributed by atoms with Gasteiger partial charge in [0.2, 0.25) is 0 Å². The second-order valence-electron chi connectivity index (χ2n) is 3.44. The van der Waals surface area contributed by atoms with Crippen LogP contribution in [0, 0.1) is 5.41 Å². The molecule has 0 saturated carbocycles. The molecule has 0 aromatic carbocycles. The van der Waals surface area contributed by atoms with Gasteiger partial charge in [0.1, 0.15) is 5.76 Å². The molecule has 0 radical (unpaired) electrons. The summed E-state index contributed by atoms with van der Waals surface area (Å²) in [5.74, 6) is 0.923. The fourth-order valence-electron chi connectivity index (χ4n) is 0.967. The first-order valence-corrected chi connectivity index (χ1v) is 3.94. The van der Waals surface area contributed by atoms with Gasteiger partial charge in [0, 0.05) is 5.41 Å². The van der Waals surface area contributed by atoms with E-state index in [4.69, 9.17) is 16.3 Å². The van der Waals surface area contributed by atoms with Crippen LogP contribution in [0.2, 0.25) is 0 Å². The van der Waals surface area contributed by atoms with Crippen molar-refractivity contribution in [1.82, 2.24) is 0 Å². The maximum absolute atomic E-state index is 5.82. The summed E-state index contributed by atoms with van der Waals surface area (Å²) in [6.07, 6.45) is 2.10. The largest absolute Gasteiger partial charge is 0.496 e. The summed E-state index contributed by atoms with van der Waals surface area (Å²) in [6, 6.07) is 0. The lowest BCUT2D eigenvalue weighted by molar-refractivity contribution is 0.182. The van der Waals surface area contributed by atoms with Crippen molar-refractivity contribution in [1.29, 1.82) is 0 Å². The highest BCUT2D eigenvalue weighted by atomic mass is 35.5. The number of alkyl halides is 1. The normalized spacial score (nSPS) is 25.4. The number of ether oxygens (including phenoxy) is 1. The molecule has 1 rings (SSSR count). The van der Waals surface area contributed by atoms with Crippen molar-refractivity contribution in [2.24, 2.45) is 5.41 Å². The molecule has 1 heterocycles. The van der Waals surface area contributed by atoms with Gasteiger partial charge >= 0.3 is 0 Å². The standard InChI is InChI=1S/C8H13ClO/c1-6(9)7-4-8(2,3)5-10-7/h4,6H,5H2,1-3H3. The highest BCUT2D eigenvalue weighted by Crippen LogP contribution is 2.30. The van der Waals surface area contributed by atoms with E-state index < -0.39 is 0 Å². The van der Waals surface area contributed by atoms with Crippen molar-refractivity contribution in [3.63, 3.8) is 0 Å². The Kier molecular flexibility index (Phi) is 1.95. The first kappa shape index (κ1) is 7.93. The van der Waals surface area contributed by atoms with E-state index in [1.807, 2.05) is 6.92 Å². The molecule has 1 aliphatic heterocycles. The van der Waals surface area contributed by atoms with Gasteiger partial charge in [-0.1, -0.05) is 13.8 Å². The zero-order valence-corrected chi connectivity index (χ0v) is 7.40. The third kappa shape index (κ3) is 1.66. The van der Waals surface area contributed by atoms with Gasteiger partial charge in [-0.15, -0.1) is 11.6 Å². The van der Waals surface area contributed by atoms with Gasteiger partial charge < -0.3 is 4.74 Å². The Morgan fingerprint density at radius 2 is 2.30 bits per heavy atom. The molecule has 0 aliphatic carbocycles. The minimum atomic E-state index is 0.0155. The third-order valence-corrected chi connectivity index (χ3v) is 1.75. The van der Waals surface area contributed by atoms with E-state index in [2.05, 4.69) is 19.9 Å². The Morgan fingerprint density at radius 1 is 1.70 bits per heavy atom. The lowest BCUT2D eigenvalue weighted by Crippen LogP contribution is -2.08. The summed E-state index contributed by atoms with van der Waals surface area (Å²) in [5, 5.41) is 0.0155. The van der Waals surface area contributed by atoms with Crippen LogP contribution < -0.4 is 0 Å². The summed E-state index contributed by atoms with van der Waals surface area (Å²) >= 11 is 5.82. The van der Waals surface area contributed by atoms with E-state index in [9.17, 15) is 0 Å². The molecule has 1 aliphatic rings. The lowest BCUT2D eigenvalue weighted by atomic mass is 9.96. The molecule has 0 saturated heterocycles. The average Bonchev–Trinajstić information content (AvgIpc) is 2.10. The molecular formula is C8H13ClO. The van der Waals surface area contributed by atoms with Gasteiger partial charge in [0.25, 0.3) is 0 Å². The molecule has 0 bridgehead atoms. The van der Waals surface area contributed by atoms with Crippen LogP contribution in [0.25, 0.3) is 0 Å². The Bertz CT molecular complexity index is 159. The van der Waals surface area contributed by atoms with Crippen LogP contribution in [0.5, 0.6) is 0 Å². The monoisotopic (exact) mass is 160 g/mol. The van der Waals surface area contributed by atoms with Crippen molar-refractivity contribution in [3.05, 3.63) is 11.8 Å². The molecule has 0 aromatic rings. The predicted molar refractivity (Wildman–Crippen MR) is 43.1 cm³/mol. The van der Waals surface area contributed by atoms with Gasteiger partial charge in [0.15, 0.2) is 0 Å². The fourth-order valence-corrected chi connectivity index (χ4v) is 1.09. The van der Waals surface area contributed by atoms with E-state index in [1.165, 1.54) is 0 Å². The van der Waals surface area contributed by atoms with Crippen molar-refractivity contribution in [2.45, 2.75) is 26.1 Å². The summed E-state index contributed by atoms with van der Waals surface area (Å²) < 4.78 is 5.36. The molecule has 10 heavy (non-hydrogen) atoms. The van der Waals surface area contributed by atoms with Crippen LogP contribution in [-0.4, -0.2) is 12.0 Å². The van der Waals surface area contributed by atoms with Crippen molar-refractivity contribution >= 4 is 11.6 Å². The molecule has 58 valence electrons. The summed E-state index contributed by atoms with van der Waals surface area (Å²) in [4.78, 5) is 0. The molecule has 1 nitrogen and oxygen atoms in total. The van der Waals surface area contributed by atoms with Gasteiger partial charge in [-0.3, -0.25) is 0 Å². The topological polar surface area (TPSA) is 9.23 Å². The van der Waals surface area contributed by atoms with Gasteiger partial charge in [-0.05, 0) is 13.0 Å². The van der Waals surface area contributed by atoms with E-state index in [1.54, 1.807) is 0 Å². The van der Waals surface area contributed by atoms with Crippen LogP contribution in [-0.2, 0) is 4.74 Å². The maximum atomic E-state index is 5.82. The highest BCUT2D eigenvalue weighted by Gasteiger charge is 2.26. The van der Waals surface area contributed by atoms with E-state index in [-0.39, 0.29) is 10.8 Å². The molecule has 0 N–H and O–H groups in total. The van der Waals surface area contributed by atoms with Crippen molar-refractivity contribution < 1.29 is 4.74 Å². The van der Waals surface area contributed by atoms with Crippen molar-refractivity contribution in [2.75, 3.05) is 6.61 Å². The molecule has 0 aromatic heterocycles. The smallest absolute Gasteiger partial charge is 0.110 e. The summed E-state index contributed by atoms with van der Waals surface area (Å²) in [7, 11) is 0. The molecular weight excluding hydrogens is 148 g/mol. The SMILES string of the molecule is CC(Cl)C1=CC(C)(C)CO1. The van der Waals surface area contributed by atoms with Gasteiger partial charge in [0.05, 0.1) is 12.0 Å². The first-order valence-electron chi connectivity index (χ1n) is 3.51. The van der Waals surface area contributed by atoms with E-state index >= 15 is 0 Å². The zero-order chi connectivity index (χ0) is 7.78. The van der Waals surface area contributed by atoms with Crippen LogP contribution in [0.1, 0.15) is 20.8 Å². The van der Waals surface area contributed by atoms with Gasteiger partial charge in [-0.2, -0.15) is 0 Å². The number of rotatable bonds is 1. The summed E-state index contributed by atoms with van der Waals surface area (Å²) in [5.41, 5.74) is 0.179. The Morgan fingerprint density at radius 3 is 2.50 bits per heavy atom. The van der Waals surface area contributed by atoms with Crippen LogP contribution in [0.15, 0.2) is 11.8 Å². The van der Waals surface area contributed by atoms with Crippen LogP contribution >= 0.6 is 11.6 Å². The van der Waals surface area contributed by atoms with Gasteiger partial charge in [-0.25, -0.2) is 0 Å². The van der Waals surface area contributed by atoms with E-state index in [0.717, 1.165) is 12.4 Å². The molecule has 0 spiro atoms. The number of hydrogen-bond acceptors (Lipinski definition) is 1. The van der Waals surface area contributed by atoms with Crippen LogP contribution in [0.4, 0.5) is 0 Å². The second-order valence-corrected chi connectivity index (χ2v) is 4.09. The second kappa shape index (κ2) is 2.46.